The van der Waals surface area contributed by atoms with Crippen molar-refractivity contribution in [3.63, 3.8) is 0 Å². The average molecular weight is 299 g/mol. The van der Waals surface area contributed by atoms with Gasteiger partial charge in [-0.05, 0) is 19.4 Å². The van der Waals surface area contributed by atoms with Gasteiger partial charge in [0.15, 0.2) is 6.61 Å². The van der Waals surface area contributed by atoms with E-state index in [4.69, 9.17) is 4.74 Å². The standard InChI is InChI=1S/C13H17NO5S/c1-4-9-6-10(13(17)18-5-2)12(20-9)14-11(16)7-19-8(3)15/h6H,4-5,7H2,1-3H3,(H,14,16). The van der Waals surface area contributed by atoms with Gasteiger partial charge in [-0.3, -0.25) is 9.59 Å². The number of carbonyl (C=O) groups is 3. The van der Waals surface area contributed by atoms with Crippen LogP contribution in [0.5, 0.6) is 0 Å². The molecular weight excluding hydrogens is 282 g/mol. The van der Waals surface area contributed by atoms with Gasteiger partial charge < -0.3 is 14.8 Å². The molecule has 1 N–H and O–H groups in total. The maximum absolute atomic E-state index is 11.8. The Balaban J connectivity index is 2.82. The molecule has 0 saturated carbocycles. The lowest BCUT2D eigenvalue weighted by molar-refractivity contribution is -0.144. The van der Waals surface area contributed by atoms with Crippen LogP contribution in [0.4, 0.5) is 5.00 Å². The van der Waals surface area contributed by atoms with Gasteiger partial charge in [-0.1, -0.05) is 6.92 Å². The molecule has 0 aliphatic rings. The number of anilines is 1. The molecule has 0 aromatic carbocycles. The van der Waals surface area contributed by atoms with Crippen LogP contribution in [-0.2, 0) is 25.5 Å². The van der Waals surface area contributed by atoms with Crippen LogP contribution >= 0.6 is 11.3 Å². The Labute approximate surface area is 121 Å². The topological polar surface area (TPSA) is 81.7 Å². The van der Waals surface area contributed by atoms with E-state index in [1.54, 1.807) is 13.0 Å². The van der Waals surface area contributed by atoms with Crippen LogP contribution in [0.15, 0.2) is 6.07 Å². The average Bonchev–Trinajstić information content (AvgIpc) is 2.80. The first kappa shape index (κ1) is 16.2. The van der Waals surface area contributed by atoms with E-state index in [-0.39, 0.29) is 13.2 Å². The second-order valence-electron chi connectivity index (χ2n) is 3.86. The van der Waals surface area contributed by atoms with E-state index >= 15 is 0 Å². The molecule has 0 aliphatic carbocycles. The number of thiophene rings is 1. The number of hydrogen-bond acceptors (Lipinski definition) is 6. The van der Waals surface area contributed by atoms with Gasteiger partial charge in [0, 0.05) is 11.8 Å². The lowest BCUT2D eigenvalue weighted by Crippen LogP contribution is -2.20. The van der Waals surface area contributed by atoms with Crippen LogP contribution < -0.4 is 5.32 Å². The zero-order valence-corrected chi connectivity index (χ0v) is 12.5. The molecule has 0 atom stereocenters. The SMILES string of the molecule is CCOC(=O)c1cc(CC)sc1NC(=O)COC(C)=O. The minimum Gasteiger partial charge on any atom is -0.462 e. The number of esters is 2. The molecule has 6 nitrogen and oxygen atoms in total. The Morgan fingerprint density at radius 2 is 1.95 bits per heavy atom. The van der Waals surface area contributed by atoms with Gasteiger partial charge in [-0.15, -0.1) is 11.3 Å². The van der Waals surface area contributed by atoms with Crippen molar-refractivity contribution in [2.24, 2.45) is 0 Å². The fraction of sp³-hybridized carbons (Fsp3) is 0.462. The molecule has 0 fully saturated rings. The second kappa shape index (κ2) is 7.64. The molecule has 0 radical (unpaired) electrons. The third-order valence-electron chi connectivity index (χ3n) is 2.29. The fourth-order valence-electron chi connectivity index (χ4n) is 1.40. The molecule has 0 spiro atoms. The number of aryl methyl sites for hydroxylation is 1. The highest BCUT2D eigenvalue weighted by Crippen LogP contribution is 2.29. The van der Waals surface area contributed by atoms with Crippen molar-refractivity contribution in [2.45, 2.75) is 27.2 Å². The first-order valence-corrected chi connectivity index (χ1v) is 7.02. The molecule has 1 aromatic rings. The highest BCUT2D eigenvalue weighted by molar-refractivity contribution is 7.16. The highest BCUT2D eigenvalue weighted by atomic mass is 32.1. The first-order chi connectivity index (χ1) is 9.47. The molecule has 0 aliphatic heterocycles. The van der Waals surface area contributed by atoms with E-state index in [2.05, 4.69) is 10.1 Å². The summed E-state index contributed by atoms with van der Waals surface area (Å²) in [6.45, 7) is 4.76. The second-order valence-corrected chi connectivity index (χ2v) is 4.99. The summed E-state index contributed by atoms with van der Waals surface area (Å²) in [6.07, 6.45) is 0.747. The maximum atomic E-state index is 11.8. The summed E-state index contributed by atoms with van der Waals surface area (Å²) < 4.78 is 9.53. The van der Waals surface area contributed by atoms with Crippen LogP contribution in [-0.4, -0.2) is 31.1 Å². The molecule has 110 valence electrons. The van der Waals surface area contributed by atoms with Crippen LogP contribution in [0.1, 0.15) is 36.0 Å². The van der Waals surface area contributed by atoms with Gasteiger partial charge >= 0.3 is 11.9 Å². The predicted octanol–water partition coefficient (Wildman–Crippen LogP) is 1.99. The van der Waals surface area contributed by atoms with Crippen molar-refractivity contribution in [1.29, 1.82) is 0 Å². The molecule has 0 bridgehead atoms. The Morgan fingerprint density at radius 1 is 1.25 bits per heavy atom. The van der Waals surface area contributed by atoms with Crippen LogP contribution in [0, 0.1) is 0 Å². The van der Waals surface area contributed by atoms with E-state index < -0.39 is 17.8 Å². The summed E-state index contributed by atoms with van der Waals surface area (Å²) in [4.78, 5) is 35.0. The van der Waals surface area contributed by atoms with Gasteiger partial charge in [-0.2, -0.15) is 0 Å². The zero-order valence-electron chi connectivity index (χ0n) is 11.6. The third kappa shape index (κ3) is 4.65. The predicted molar refractivity (Wildman–Crippen MR) is 74.9 cm³/mol. The number of rotatable bonds is 6. The van der Waals surface area contributed by atoms with Crippen molar-refractivity contribution in [3.8, 4) is 0 Å². The smallest absolute Gasteiger partial charge is 0.341 e. The summed E-state index contributed by atoms with van der Waals surface area (Å²) in [5.74, 6) is -1.51. The zero-order chi connectivity index (χ0) is 15.1. The molecule has 1 heterocycles. The lowest BCUT2D eigenvalue weighted by atomic mass is 10.2. The summed E-state index contributed by atoms with van der Waals surface area (Å²) in [5, 5.41) is 2.98. The minimum absolute atomic E-state index is 0.261. The van der Waals surface area contributed by atoms with Crippen molar-refractivity contribution >= 4 is 34.2 Å². The number of carbonyl (C=O) groups excluding carboxylic acids is 3. The van der Waals surface area contributed by atoms with E-state index in [1.807, 2.05) is 6.92 Å². The summed E-state index contributed by atoms with van der Waals surface area (Å²) in [6, 6.07) is 1.70. The number of ether oxygens (including phenoxy) is 2. The summed E-state index contributed by atoms with van der Waals surface area (Å²) in [7, 11) is 0. The van der Waals surface area contributed by atoms with Gasteiger partial charge in [0.1, 0.15) is 5.00 Å². The highest BCUT2D eigenvalue weighted by Gasteiger charge is 2.18. The van der Waals surface area contributed by atoms with Gasteiger partial charge in [-0.25, -0.2) is 4.79 Å². The Morgan fingerprint density at radius 3 is 2.50 bits per heavy atom. The lowest BCUT2D eigenvalue weighted by Gasteiger charge is -2.06. The molecule has 7 heteroatoms. The van der Waals surface area contributed by atoms with E-state index in [1.165, 1.54) is 18.3 Å². The summed E-state index contributed by atoms with van der Waals surface area (Å²) in [5.41, 5.74) is 0.324. The van der Waals surface area contributed by atoms with Gasteiger partial charge in [0.05, 0.1) is 12.2 Å². The van der Waals surface area contributed by atoms with Gasteiger partial charge in [0.2, 0.25) is 0 Å². The molecule has 1 amide bonds. The largest absolute Gasteiger partial charge is 0.462 e. The third-order valence-corrected chi connectivity index (χ3v) is 3.48. The van der Waals surface area contributed by atoms with Gasteiger partial charge in [0.25, 0.3) is 5.91 Å². The van der Waals surface area contributed by atoms with Crippen LogP contribution in [0.25, 0.3) is 0 Å². The van der Waals surface area contributed by atoms with Crippen molar-refractivity contribution in [1.82, 2.24) is 0 Å². The Hall–Kier alpha value is -1.89. The van der Waals surface area contributed by atoms with Crippen molar-refractivity contribution < 1.29 is 23.9 Å². The summed E-state index contributed by atoms with van der Waals surface area (Å²) >= 11 is 1.30. The molecule has 0 unspecified atom stereocenters. The Kier molecular flexibility index (Phi) is 6.17. The van der Waals surface area contributed by atoms with Crippen LogP contribution in [0.2, 0.25) is 0 Å². The van der Waals surface area contributed by atoms with E-state index in [9.17, 15) is 14.4 Å². The fourth-order valence-corrected chi connectivity index (χ4v) is 2.40. The number of nitrogens with one attached hydrogen (secondary N) is 1. The minimum atomic E-state index is -0.536. The Bertz CT molecular complexity index is 509. The van der Waals surface area contributed by atoms with Crippen molar-refractivity contribution in [3.05, 3.63) is 16.5 Å². The molecular formula is C13H17NO5S. The van der Waals surface area contributed by atoms with Crippen molar-refractivity contribution in [2.75, 3.05) is 18.5 Å². The maximum Gasteiger partial charge on any atom is 0.341 e. The monoisotopic (exact) mass is 299 g/mol. The van der Waals surface area contributed by atoms with Crippen LogP contribution in [0.3, 0.4) is 0 Å². The van der Waals surface area contributed by atoms with E-state index in [0.29, 0.717) is 10.6 Å². The number of hydrogen-bond donors (Lipinski definition) is 1. The molecule has 0 saturated heterocycles. The normalized spacial score (nSPS) is 9.95. The molecule has 1 rings (SSSR count). The number of amides is 1. The first-order valence-electron chi connectivity index (χ1n) is 6.20. The van der Waals surface area contributed by atoms with E-state index in [0.717, 1.165) is 11.3 Å². The molecule has 20 heavy (non-hydrogen) atoms. The molecule has 1 aromatic heterocycles. The quantitative estimate of drug-likeness (QED) is 0.812.